The van der Waals surface area contributed by atoms with Crippen molar-refractivity contribution in [3.63, 3.8) is 0 Å². The lowest BCUT2D eigenvalue weighted by atomic mass is 9.92. The number of hydrogen-bond donors (Lipinski definition) is 1. The van der Waals surface area contributed by atoms with Gasteiger partial charge in [-0.3, -0.25) is 4.98 Å². The Morgan fingerprint density at radius 3 is 3.43 bits per heavy atom. The summed E-state index contributed by atoms with van der Waals surface area (Å²) in [6.45, 7) is 4.58. The SMILES string of the molecule is C=CCNC1CCCc2cccnc21. The fraction of sp³-hybridized carbons (Fsp3) is 0.417. The molecule has 1 atom stereocenters. The van der Waals surface area contributed by atoms with Gasteiger partial charge in [0.05, 0.1) is 11.7 Å². The van der Waals surface area contributed by atoms with Gasteiger partial charge in [0.1, 0.15) is 0 Å². The molecule has 14 heavy (non-hydrogen) atoms. The third-order valence-electron chi connectivity index (χ3n) is 2.70. The summed E-state index contributed by atoms with van der Waals surface area (Å²) in [4.78, 5) is 4.46. The average Bonchev–Trinajstić information content (AvgIpc) is 2.26. The Morgan fingerprint density at radius 2 is 2.57 bits per heavy atom. The smallest absolute Gasteiger partial charge is 0.0605 e. The van der Waals surface area contributed by atoms with Crippen molar-refractivity contribution in [3.05, 3.63) is 42.2 Å². The third-order valence-corrected chi connectivity index (χ3v) is 2.70. The fourth-order valence-electron chi connectivity index (χ4n) is 2.03. The molecule has 2 heteroatoms. The Balaban J connectivity index is 2.17. The Bertz CT molecular complexity index is 320. The van der Waals surface area contributed by atoms with Gasteiger partial charge in [-0.15, -0.1) is 6.58 Å². The standard InChI is InChI=1S/C12H16N2/c1-2-8-13-11-7-3-5-10-6-4-9-14-12(10)11/h2,4,6,9,11,13H,1,3,5,7-8H2. The van der Waals surface area contributed by atoms with Crippen molar-refractivity contribution in [2.75, 3.05) is 6.54 Å². The maximum Gasteiger partial charge on any atom is 0.0605 e. The van der Waals surface area contributed by atoms with E-state index < -0.39 is 0 Å². The largest absolute Gasteiger partial charge is 0.305 e. The highest BCUT2D eigenvalue weighted by Gasteiger charge is 2.19. The molecule has 1 N–H and O–H groups in total. The molecule has 0 spiro atoms. The molecule has 0 radical (unpaired) electrons. The van der Waals surface area contributed by atoms with Crippen LogP contribution in [0.4, 0.5) is 0 Å². The summed E-state index contributed by atoms with van der Waals surface area (Å²) in [7, 11) is 0. The van der Waals surface area contributed by atoms with Crippen molar-refractivity contribution in [3.8, 4) is 0 Å². The highest BCUT2D eigenvalue weighted by atomic mass is 14.9. The molecule has 0 bridgehead atoms. The summed E-state index contributed by atoms with van der Waals surface area (Å²) in [6.07, 6.45) is 7.41. The molecular formula is C12H16N2. The van der Waals surface area contributed by atoms with Crippen molar-refractivity contribution in [1.82, 2.24) is 10.3 Å². The van der Waals surface area contributed by atoms with Crippen molar-refractivity contribution in [2.45, 2.75) is 25.3 Å². The van der Waals surface area contributed by atoms with Gasteiger partial charge in [0.2, 0.25) is 0 Å². The molecule has 0 aromatic carbocycles. The van der Waals surface area contributed by atoms with Gasteiger partial charge in [-0.1, -0.05) is 12.1 Å². The normalized spacial score (nSPS) is 20.1. The predicted molar refractivity (Wildman–Crippen MR) is 58.1 cm³/mol. The van der Waals surface area contributed by atoms with Crippen LogP contribution in [0.1, 0.15) is 30.1 Å². The van der Waals surface area contributed by atoms with Crippen LogP contribution in [-0.2, 0) is 6.42 Å². The highest BCUT2D eigenvalue weighted by Crippen LogP contribution is 2.27. The fourth-order valence-corrected chi connectivity index (χ4v) is 2.03. The molecule has 0 fully saturated rings. The van der Waals surface area contributed by atoms with Crippen LogP contribution in [-0.4, -0.2) is 11.5 Å². The number of aromatic nitrogens is 1. The molecule has 1 aliphatic rings. The lowest BCUT2D eigenvalue weighted by molar-refractivity contribution is 0.468. The van der Waals surface area contributed by atoms with Gasteiger partial charge in [0, 0.05) is 12.7 Å². The number of fused-ring (bicyclic) bond motifs is 1. The van der Waals surface area contributed by atoms with Crippen LogP contribution >= 0.6 is 0 Å². The van der Waals surface area contributed by atoms with Crippen LogP contribution in [0, 0.1) is 0 Å². The van der Waals surface area contributed by atoms with Crippen molar-refractivity contribution >= 4 is 0 Å². The van der Waals surface area contributed by atoms with Crippen LogP contribution in [0.3, 0.4) is 0 Å². The Kier molecular flexibility index (Phi) is 2.94. The van der Waals surface area contributed by atoms with E-state index in [2.05, 4.69) is 22.9 Å². The molecule has 0 aliphatic heterocycles. The molecular weight excluding hydrogens is 172 g/mol. The first-order chi connectivity index (χ1) is 6.92. The van der Waals surface area contributed by atoms with Gasteiger partial charge in [-0.25, -0.2) is 0 Å². The minimum atomic E-state index is 0.429. The summed E-state index contributed by atoms with van der Waals surface area (Å²) in [5, 5.41) is 3.45. The van der Waals surface area contributed by atoms with Gasteiger partial charge in [-0.2, -0.15) is 0 Å². The van der Waals surface area contributed by atoms with Crippen molar-refractivity contribution in [2.24, 2.45) is 0 Å². The van der Waals surface area contributed by atoms with E-state index in [1.54, 1.807) is 0 Å². The van der Waals surface area contributed by atoms with E-state index >= 15 is 0 Å². The zero-order valence-corrected chi connectivity index (χ0v) is 8.37. The van der Waals surface area contributed by atoms with E-state index in [0.717, 1.165) is 6.54 Å². The maximum atomic E-state index is 4.46. The average molecular weight is 188 g/mol. The second-order valence-electron chi connectivity index (χ2n) is 3.69. The Labute approximate surface area is 85.1 Å². The molecule has 1 aromatic heterocycles. The topological polar surface area (TPSA) is 24.9 Å². The quantitative estimate of drug-likeness (QED) is 0.736. The minimum Gasteiger partial charge on any atom is -0.305 e. The van der Waals surface area contributed by atoms with Crippen LogP contribution in [0.5, 0.6) is 0 Å². The number of nitrogens with zero attached hydrogens (tertiary/aromatic N) is 1. The Hall–Kier alpha value is -1.15. The summed E-state index contributed by atoms with van der Waals surface area (Å²) in [5.74, 6) is 0. The lowest BCUT2D eigenvalue weighted by Crippen LogP contribution is -2.26. The molecule has 0 saturated heterocycles. The number of hydrogen-bond acceptors (Lipinski definition) is 2. The predicted octanol–water partition coefficient (Wildman–Crippen LogP) is 2.23. The molecule has 2 nitrogen and oxygen atoms in total. The lowest BCUT2D eigenvalue weighted by Gasteiger charge is -2.24. The zero-order chi connectivity index (χ0) is 9.80. The molecule has 1 aromatic rings. The summed E-state index contributed by atoms with van der Waals surface area (Å²) in [5.41, 5.74) is 2.64. The van der Waals surface area contributed by atoms with E-state index in [1.165, 1.54) is 30.5 Å². The number of rotatable bonds is 3. The summed E-state index contributed by atoms with van der Waals surface area (Å²) < 4.78 is 0. The van der Waals surface area contributed by atoms with Crippen LogP contribution in [0.25, 0.3) is 0 Å². The molecule has 1 unspecified atom stereocenters. The molecule has 2 rings (SSSR count). The van der Waals surface area contributed by atoms with E-state index in [4.69, 9.17) is 0 Å². The maximum absolute atomic E-state index is 4.46. The number of pyridine rings is 1. The number of nitrogens with one attached hydrogen (secondary N) is 1. The Morgan fingerprint density at radius 1 is 1.64 bits per heavy atom. The monoisotopic (exact) mass is 188 g/mol. The second-order valence-corrected chi connectivity index (χ2v) is 3.69. The molecule has 1 aliphatic carbocycles. The molecule has 1 heterocycles. The second kappa shape index (κ2) is 4.38. The first-order valence-corrected chi connectivity index (χ1v) is 5.20. The summed E-state index contributed by atoms with van der Waals surface area (Å²) in [6, 6.07) is 4.64. The van der Waals surface area contributed by atoms with Crippen LogP contribution < -0.4 is 5.32 Å². The van der Waals surface area contributed by atoms with E-state index in [-0.39, 0.29) is 0 Å². The summed E-state index contributed by atoms with van der Waals surface area (Å²) >= 11 is 0. The zero-order valence-electron chi connectivity index (χ0n) is 8.37. The van der Waals surface area contributed by atoms with Gasteiger partial charge in [0.25, 0.3) is 0 Å². The van der Waals surface area contributed by atoms with E-state index in [9.17, 15) is 0 Å². The molecule has 0 amide bonds. The number of aryl methyl sites for hydroxylation is 1. The van der Waals surface area contributed by atoms with E-state index in [0.29, 0.717) is 6.04 Å². The van der Waals surface area contributed by atoms with Gasteiger partial charge in [0.15, 0.2) is 0 Å². The van der Waals surface area contributed by atoms with Crippen LogP contribution in [0.2, 0.25) is 0 Å². The van der Waals surface area contributed by atoms with Gasteiger partial charge < -0.3 is 5.32 Å². The molecule has 74 valence electrons. The highest BCUT2D eigenvalue weighted by molar-refractivity contribution is 5.25. The minimum absolute atomic E-state index is 0.429. The van der Waals surface area contributed by atoms with E-state index in [1.807, 2.05) is 18.3 Å². The first kappa shape index (κ1) is 9.41. The third kappa shape index (κ3) is 1.85. The van der Waals surface area contributed by atoms with Gasteiger partial charge in [-0.05, 0) is 30.9 Å². The van der Waals surface area contributed by atoms with Gasteiger partial charge >= 0.3 is 0 Å². The van der Waals surface area contributed by atoms with Crippen LogP contribution in [0.15, 0.2) is 31.0 Å². The van der Waals surface area contributed by atoms with Crippen molar-refractivity contribution in [1.29, 1.82) is 0 Å². The first-order valence-electron chi connectivity index (χ1n) is 5.20. The van der Waals surface area contributed by atoms with Crippen molar-refractivity contribution < 1.29 is 0 Å². The molecule has 0 saturated carbocycles.